The number of rotatable bonds is 7. The smallest absolute Gasteiger partial charge is 0.164 e. The Hall–Kier alpha value is -6.95. The first-order valence-electron chi connectivity index (χ1n) is 18.0. The maximum absolute atomic E-state index is 5.18. The molecule has 0 saturated heterocycles. The summed E-state index contributed by atoms with van der Waals surface area (Å²) in [6.07, 6.45) is 0. The number of fused-ring (bicyclic) bond motifs is 4. The van der Waals surface area contributed by atoms with E-state index in [1.54, 1.807) is 11.3 Å². The van der Waals surface area contributed by atoms with Gasteiger partial charge in [0.2, 0.25) is 0 Å². The maximum atomic E-state index is 5.18. The molecule has 254 valence electrons. The highest BCUT2D eigenvalue weighted by Gasteiger charge is 2.20. The minimum absolute atomic E-state index is 0.651. The molecule has 0 aliphatic heterocycles. The molecule has 2 heterocycles. The van der Waals surface area contributed by atoms with Crippen molar-refractivity contribution in [2.24, 2.45) is 0 Å². The molecule has 0 spiro atoms. The van der Waals surface area contributed by atoms with E-state index in [1.165, 1.54) is 31.3 Å². The molecule has 2 aromatic heterocycles. The summed E-state index contributed by atoms with van der Waals surface area (Å²) < 4.78 is 2.38. The van der Waals surface area contributed by atoms with E-state index in [0.717, 1.165) is 44.5 Å². The number of nitrogens with zero attached hydrogens (tertiary/aromatic N) is 4. The molecule has 0 radical (unpaired) electrons. The second-order valence-corrected chi connectivity index (χ2v) is 14.3. The molecule has 0 aliphatic carbocycles. The van der Waals surface area contributed by atoms with Crippen LogP contribution in [0.3, 0.4) is 0 Å². The predicted octanol–water partition coefficient (Wildman–Crippen LogP) is 13.5. The van der Waals surface area contributed by atoms with Gasteiger partial charge in [-0.3, -0.25) is 0 Å². The lowest BCUT2D eigenvalue weighted by Crippen LogP contribution is -2.11. The average Bonchev–Trinajstić information content (AvgIpc) is 3.63. The summed E-state index contributed by atoms with van der Waals surface area (Å²) in [7, 11) is 0. The Labute approximate surface area is 317 Å². The molecule has 8 aromatic carbocycles. The monoisotopic (exact) mass is 708 g/mol. The Kier molecular flexibility index (Phi) is 7.97. The number of thiophene rings is 1. The van der Waals surface area contributed by atoms with E-state index < -0.39 is 0 Å². The fourth-order valence-corrected chi connectivity index (χ4v) is 8.51. The molecule has 0 atom stereocenters. The zero-order chi connectivity index (χ0) is 35.8. The quantitative estimate of drug-likeness (QED) is 0.165. The SMILES string of the molecule is c1ccc(-c2nc(-c3ccc4ccccc4c3)nc(-c3cccc4sc5cc(N(c6ccccc6)c6ccccc6-c6ccccc6)ccc5c34)n2)cc1. The highest BCUT2D eigenvalue weighted by molar-refractivity contribution is 7.26. The van der Waals surface area contributed by atoms with Crippen LogP contribution in [0.5, 0.6) is 0 Å². The van der Waals surface area contributed by atoms with Crippen LogP contribution in [0.1, 0.15) is 0 Å². The second kappa shape index (κ2) is 13.6. The first kappa shape index (κ1) is 31.8. The summed E-state index contributed by atoms with van der Waals surface area (Å²) in [6, 6.07) is 68.1. The molecular weight excluding hydrogens is 677 g/mol. The molecule has 0 aliphatic rings. The van der Waals surface area contributed by atoms with E-state index in [2.05, 4.69) is 181 Å². The van der Waals surface area contributed by atoms with Gasteiger partial charge in [-0.2, -0.15) is 0 Å². The lowest BCUT2D eigenvalue weighted by atomic mass is 10.0. The van der Waals surface area contributed by atoms with E-state index in [4.69, 9.17) is 15.0 Å². The Morgan fingerprint density at radius 1 is 0.370 bits per heavy atom. The first-order chi connectivity index (χ1) is 26.8. The Morgan fingerprint density at radius 3 is 1.80 bits per heavy atom. The summed E-state index contributed by atoms with van der Waals surface area (Å²) in [6.45, 7) is 0. The summed E-state index contributed by atoms with van der Waals surface area (Å²) in [5.41, 5.74) is 8.56. The van der Waals surface area contributed by atoms with Gasteiger partial charge in [0.05, 0.1) is 5.69 Å². The Bertz CT molecular complexity index is 2940. The van der Waals surface area contributed by atoms with Crippen molar-refractivity contribution in [2.75, 3.05) is 4.90 Å². The van der Waals surface area contributed by atoms with E-state index >= 15 is 0 Å². The van der Waals surface area contributed by atoms with Crippen LogP contribution in [0.2, 0.25) is 0 Å². The average molecular weight is 709 g/mol. The van der Waals surface area contributed by atoms with Crippen LogP contribution in [-0.2, 0) is 0 Å². The van der Waals surface area contributed by atoms with Gasteiger partial charge in [-0.1, -0.05) is 152 Å². The van der Waals surface area contributed by atoms with Gasteiger partial charge >= 0.3 is 0 Å². The Balaban J connectivity index is 1.15. The van der Waals surface area contributed by atoms with Crippen LogP contribution in [0, 0.1) is 0 Å². The topological polar surface area (TPSA) is 41.9 Å². The molecule has 0 fully saturated rings. The number of benzene rings is 8. The third-order valence-corrected chi connectivity index (χ3v) is 11.0. The van der Waals surface area contributed by atoms with Crippen LogP contribution in [0.4, 0.5) is 17.1 Å². The van der Waals surface area contributed by atoms with Gasteiger partial charge in [0.15, 0.2) is 17.5 Å². The fourth-order valence-electron chi connectivity index (χ4n) is 7.34. The number of para-hydroxylation sites is 2. The maximum Gasteiger partial charge on any atom is 0.164 e. The molecule has 0 bridgehead atoms. The molecule has 4 nitrogen and oxygen atoms in total. The molecule has 5 heteroatoms. The zero-order valence-electron chi connectivity index (χ0n) is 29.2. The van der Waals surface area contributed by atoms with Gasteiger partial charge in [0.25, 0.3) is 0 Å². The fraction of sp³-hybridized carbons (Fsp3) is 0. The lowest BCUT2D eigenvalue weighted by molar-refractivity contribution is 1.08. The van der Waals surface area contributed by atoms with E-state index in [1.807, 2.05) is 18.2 Å². The highest BCUT2D eigenvalue weighted by atomic mass is 32.1. The third-order valence-electron chi connectivity index (χ3n) is 9.90. The highest BCUT2D eigenvalue weighted by Crippen LogP contribution is 2.45. The van der Waals surface area contributed by atoms with Crippen LogP contribution < -0.4 is 4.90 Å². The molecule has 54 heavy (non-hydrogen) atoms. The largest absolute Gasteiger partial charge is 0.310 e. The predicted molar refractivity (Wildman–Crippen MR) is 227 cm³/mol. The Morgan fingerprint density at radius 2 is 1.00 bits per heavy atom. The van der Waals surface area contributed by atoms with E-state index in [-0.39, 0.29) is 0 Å². The molecule has 0 unspecified atom stereocenters. The standard InChI is InChI=1S/C49H32N4S/c1-4-16-34(17-5-1)40-23-12-13-25-43(40)53(38-21-8-3-9-22-38)39-29-30-41-45(32-39)54-44-26-14-24-42(46(41)44)49-51-47(35-18-6-2-7-19-35)50-48(52-49)37-28-27-33-15-10-11-20-36(33)31-37/h1-32H. The van der Waals surface area contributed by atoms with Crippen LogP contribution in [0.25, 0.3) is 76.2 Å². The third kappa shape index (κ3) is 5.77. The molecule has 10 rings (SSSR count). The van der Waals surface area contributed by atoms with Crippen molar-refractivity contribution in [1.29, 1.82) is 0 Å². The van der Waals surface area contributed by atoms with Crippen molar-refractivity contribution in [2.45, 2.75) is 0 Å². The van der Waals surface area contributed by atoms with Crippen LogP contribution in [-0.4, -0.2) is 15.0 Å². The molecule has 10 aromatic rings. The van der Waals surface area contributed by atoms with E-state index in [0.29, 0.717) is 17.5 Å². The van der Waals surface area contributed by atoms with Crippen LogP contribution in [0.15, 0.2) is 194 Å². The van der Waals surface area contributed by atoms with Crippen molar-refractivity contribution >= 4 is 59.3 Å². The first-order valence-corrected chi connectivity index (χ1v) is 18.8. The lowest BCUT2D eigenvalue weighted by Gasteiger charge is -2.28. The second-order valence-electron chi connectivity index (χ2n) is 13.2. The summed E-state index contributed by atoms with van der Waals surface area (Å²) in [5.74, 6) is 1.96. The summed E-state index contributed by atoms with van der Waals surface area (Å²) >= 11 is 1.80. The van der Waals surface area contributed by atoms with Gasteiger partial charge in [0, 0.05) is 53.8 Å². The van der Waals surface area contributed by atoms with Crippen molar-refractivity contribution in [3.05, 3.63) is 194 Å². The molecule has 0 saturated carbocycles. The van der Waals surface area contributed by atoms with Gasteiger partial charge in [-0.25, -0.2) is 15.0 Å². The van der Waals surface area contributed by atoms with Gasteiger partial charge in [-0.05, 0) is 58.8 Å². The van der Waals surface area contributed by atoms with Crippen LogP contribution >= 0.6 is 11.3 Å². The number of hydrogen-bond donors (Lipinski definition) is 0. The zero-order valence-corrected chi connectivity index (χ0v) is 30.0. The normalized spacial score (nSPS) is 11.3. The van der Waals surface area contributed by atoms with Crippen molar-refractivity contribution < 1.29 is 0 Å². The van der Waals surface area contributed by atoms with Crippen molar-refractivity contribution in [3.63, 3.8) is 0 Å². The molecule has 0 amide bonds. The number of anilines is 3. The van der Waals surface area contributed by atoms with Gasteiger partial charge in [-0.15, -0.1) is 11.3 Å². The summed E-state index contributed by atoms with van der Waals surface area (Å²) in [4.78, 5) is 17.7. The summed E-state index contributed by atoms with van der Waals surface area (Å²) in [5, 5.41) is 4.65. The number of hydrogen-bond acceptors (Lipinski definition) is 5. The number of aromatic nitrogens is 3. The van der Waals surface area contributed by atoms with Gasteiger partial charge in [0.1, 0.15) is 0 Å². The van der Waals surface area contributed by atoms with Crippen molar-refractivity contribution in [1.82, 2.24) is 15.0 Å². The van der Waals surface area contributed by atoms with Crippen molar-refractivity contribution in [3.8, 4) is 45.3 Å². The molecule has 0 N–H and O–H groups in total. The van der Waals surface area contributed by atoms with Gasteiger partial charge < -0.3 is 4.90 Å². The molecular formula is C49H32N4S. The minimum Gasteiger partial charge on any atom is -0.310 e. The van der Waals surface area contributed by atoms with E-state index in [9.17, 15) is 0 Å². The minimum atomic E-state index is 0.651.